The Bertz CT molecular complexity index is 920. The maximum Gasteiger partial charge on any atom is 0.255 e. The average Bonchev–Trinajstić information content (AvgIpc) is 2.73. The number of rotatable bonds is 5. The number of ether oxygens (including phenoxy) is 1. The van der Waals surface area contributed by atoms with Crippen molar-refractivity contribution in [2.75, 3.05) is 0 Å². The molecule has 3 aromatic rings. The van der Waals surface area contributed by atoms with E-state index in [9.17, 15) is 4.79 Å². The predicted octanol–water partition coefficient (Wildman–Crippen LogP) is 5.07. The Balaban J connectivity index is 1.50. The minimum absolute atomic E-state index is 0.0598. The molecule has 0 aliphatic heterocycles. The minimum atomic E-state index is -0.0830. The molecule has 3 heteroatoms. The van der Waals surface area contributed by atoms with Crippen molar-refractivity contribution in [3.05, 3.63) is 101 Å². The fourth-order valence-corrected chi connectivity index (χ4v) is 3.66. The van der Waals surface area contributed by atoms with Crippen molar-refractivity contribution in [1.29, 1.82) is 0 Å². The molecule has 1 N–H and O–H groups in total. The Morgan fingerprint density at radius 2 is 1.67 bits per heavy atom. The molecule has 0 heterocycles. The molecule has 27 heavy (non-hydrogen) atoms. The molecule has 0 bridgehead atoms. The highest BCUT2D eigenvalue weighted by atomic mass is 16.5. The van der Waals surface area contributed by atoms with Gasteiger partial charge in [0.1, 0.15) is 12.4 Å². The molecule has 136 valence electrons. The fourth-order valence-electron chi connectivity index (χ4n) is 3.66. The first-order chi connectivity index (χ1) is 13.3. The van der Waals surface area contributed by atoms with Crippen LogP contribution in [0.5, 0.6) is 5.75 Å². The first-order valence-electron chi connectivity index (χ1n) is 9.46. The van der Waals surface area contributed by atoms with Crippen molar-refractivity contribution in [3.8, 4) is 5.75 Å². The number of carbonyl (C=O) groups is 1. The summed E-state index contributed by atoms with van der Waals surface area (Å²) in [4.78, 5) is 13.0. The van der Waals surface area contributed by atoms with Crippen LogP contribution in [0.1, 0.15) is 45.9 Å². The van der Waals surface area contributed by atoms with Crippen LogP contribution in [0.25, 0.3) is 0 Å². The van der Waals surface area contributed by atoms with Crippen LogP contribution in [-0.2, 0) is 13.0 Å². The van der Waals surface area contributed by atoms with E-state index in [4.69, 9.17) is 4.74 Å². The highest BCUT2D eigenvalue weighted by Crippen LogP contribution is 2.30. The van der Waals surface area contributed by atoms with Crippen LogP contribution < -0.4 is 10.1 Å². The van der Waals surface area contributed by atoms with Gasteiger partial charge in [-0.2, -0.15) is 0 Å². The number of para-hydroxylation sites is 1. The third kappa shape index (κ3) is 4.03. The second-order valence-corrected chi connectivity index (χ2v) is 6.89. The molecule has 0 unspecified atom stereocenters. The molecule has 1 aliphatic carbocycles. The van der Waals surface area contributed by atoms with E-state index in [-0.39, 0.29) is 11.9 Å². The number of nitrogens with one attached hydrogen (secondary N) is 1. The van der Waals surface area contributed by atoms with E-state index in [0.29, 0.717) is 17.9 Å². The topological polar surface area (TPSA) is 38.3 Å². The second-order valence-electron chi connectivity index (χ2n) is 6.89. The summed E-state index contributed by atoms with van der Waals surface area (Å²) in [7, 11) is 0. The van der Waals surface area contributed by atoms with Crippen molar-refractivity contribution < 1.29 is 9.53 Å². The number of carbonyl (C=O) groups excluding carboxylic acids is 1. The van der Waals surface area contributed by atoms with Gasteiger partial charge in [-0.25, -0.2) is 0 Å². The van der Waals surface area contributed by atoms with Crippen molar-refractivity contribution in [2.24, 2.45) is 0 Å². The molecule has 3 aromatic carbocycles. The maximum absolute atomic E-state index is 13.0. The lowest BCUT2D eigenvalue weighted by atomic mass is 9.87. The monoisotopic (exact) mass is 357 g/mol. The van der Waals surface area contributed by atoms with Gasteiger partial charge in [0.15, 0.2) is 0 Å². The molecular weight excluding hydrogens is 334 g/mol. The quantitative estimate of drug-likeness (QED) is 0.692. The van der Waals surface area contributed by atoms with E-state index in [0.717, 1.165) is 24.8 Å². The Hall–Kier alpha value is -3.07. The van der Waals surface area contributed by atoms with Gasteiger partial charge in [-0.15, -0.1) is 0 Å². The number of fused-ring (bicyclic) bond motifs is 1. The third-order valence-corrected chi connectivity index (χ3v) is 5.04. The highest BCUT2D eigenvalue weighted by Gasteiger charge is 2.23. The Labute approximate surface area is 160 Å². The molecule has 1 aliphatic rings. The lowest BCUT2D eigenvalue weighted by molar-refractivity contribution is 0.0928. The van der Waals surface area contributed by atoms with E-state index in [1.54, 1.807) is 0 Å². The predicted molar refractivity (Wildman–Crippen MR) is 107 cm³/mol. The van der Waals surface area contributed by atoms with Crippen molar-refractivity contribution >= 4 is 5.91 Å². The van der Waals surface area contributed by atoms with Gasteiger partial charge in [0.05, 0.1) is 11.6 Å². The zero-order chi connectivity index (χ0) is 18.5. The molecular formula is C24H23NO2. The van der Waals surface area contributed by atoms with Crippen molar-refractivity contribution in [1.82, 2.24) is 5.32 Å². The summed E-state index contributed by atoms with van der Waals surface area (Å²) >= 11 is 0. The van der Waals surface area contributed by atoms with E-state index in [1.165, 1.54) is 11.1 Å². The first-order valence-corrected chi connectivity index (χ1v) is 9.46. The Morgan fingerprint density at radius 1 is 0.926 bits per heavy atom. The molecule has 0 fully saturated rings. The summed E-state index contributed by atoms with van der Waals surface area (Å²) in [6.45, 7) is 0.442. The van der Waals surface area contributed by atoms with Crippen LogP contribution in [0.3, 0.4) is 0 Å². The SMILES string of the molecule is O=C(N[C@H]1CCCc2ccccc21)c1ccccc1OCc1ccccc1. The van der Waals surface area contributed by atoms with Gasteiger partial charge in [-0.3, -0.25) is 4.79 Å². The number of hydrogen-bond acceptors (Lipinski definition) is 2. The largest absolute Gasteiger partial charge is 0.488 e. The van der Waals surface area contributed by atoms with Crippen LogP contribution >= 0.6 is 0 Å². The summed E-state index contributed by atoms with van der Waals surface area (Å²) < 4.78 is 5.94. The summed E-state index contributed by atoms with van der Waals surface area (Å²) in [6, 6.07) is 25.9. The zero-order valence-electron chi connectivity index (χ0n) is 15.2. The van der Waals surface area contributed by atoms with Crippen LogP contribution in [0.15, 0.2) is 78.9 Å². The Kier molecular flexibility index (Phi) is 5.20. The normalized spacial score (nSPS) is 15.6. The number of hydrogen-bond donors (Lipinski definition) is 1. The fraction of sp³-hybridized carbons (Fsp3) is 0.208. The average molecular weight is 357 g/mol. The van der Waals surface area contributed by atoms with Crippen LogP contribution in [0.2, 0.25) is 0 Å². The molecule has 0 aromatic heterocycles. The number of amides is 1. The summed E-state index contributed by atoms with van der Waals surface area (Å²) in [5, 5.41) is 3.21. The van der Waals surface area contributed by atoms with Crippen LogP contribution in [0, 0.1) is 0 Å². The second kappa shape index (κ2) is 8.09. The molecule has 1 atom stereocenters. The molecule has 0 radical (unpaired) electrons. The molecule has 1 amide bonds. The van der Waals surface area contributed by atoms with Gasteiger partial charge in [-0.1, -0.05) is 66.7 Å². The van der Waals surface area contributed by atoms with E-state index < -0.39 is 0 Å². The van der Waals surface area contributed by atoms with E-state index in [1.807, 2.05) is 60.7 Å². The smallest absolute Gasteiger partial charge is 0.255 e. The van der Waals surface area contributed by atoms with E-state index in [2.05, 4.69) is 23.5 Å². The van der Waals surface area contributed by atoms with Gasteiger partial charge < -0.3 is 10.1 Å². The highest BCUT2D eigenvalue weighted by molar-refractivity contribution is 5.97. The first kappa shape index (κ1) is 17.3. The lowest BCUT2D eigenvalue weighted by Crippen LogP contribution is -2.31. The van der Waals surface area contributed by atoms with Gasteiger partial charge in [0, 0.05) is 0 Å². The molecule has 3 nitrogen and oxygen atoms in total. The Morgan fingerprint density at radius 3 is 2.56 bits per heavy atom. The summed E-state index contributed by atoms with van der Waals surface area (Å²) in [5.74, 6) is 0.531. The number of aryl methyl sites for hydroxylation is 1. The summed E-state index contributed by atoms with van der Waals surface area (Å²) in [6.07, 6.45) is 3.14. The zero-order valence-corrected chi connectivity index (χ0v) is 15.2. The molecule has 4 rings (SSSR count). The molecule has 0 spiro atoms. The van der Waals surface area contributed by atoms with Gasteiger partial charge in [-0.05, 0) is 48.1 Å². The van der Waals surface area contributed by atoms with Crippen LogP contribution in [-0.4, -0.2) is 5.91 Å². The third-order valence-electron chi connectivity index (χ3n) is 5.04. The molecule has 0 saturated heterocycles. The van der Waals surface area contributed by atoms with Gasteiger partial charge in [0.2, 0.25) is 0 Å². The maximum atomic E-state index is 13.0. The molecule has 0 saturated carbocycles. The van der Waals surface area contributed by atoms with Gasteiger partial charge in [0.25, 0.3) is 5.91 Å². The van der Waals surface area contributed by atoms with Crippen LogP contribution in [0.4, 0.5) is 0 Å². The minimum Gasteiger partial charge on any atom is -0.488 e. The summed E-state index contributed by atoms with van der Waals surface area (Å²) in [5.41, 5.74) is 4.23. The lowest BCUT2D eigenvalue weighted by Gasteiger charge is -2.26. The van der Waals surface area contributed by atoms with Gasteiger partial charge >= 0.3 is 0 Å². The van der Waals surface area contributed by atoms with Crippen molar-refractivity contribution in [3.63, 3.8) is 0 Å². The standard InChI is InChI=1S/C24H23NO2/c26-24(25-22-15-8-12-19-11-4-5-13-20(19)22)21-14-6-7-16-23(21)27-17-18-9-2-1-3-10-18/h1-7,9-11,13-14,16,22H,8,12,15,17H2,(H,25,26)/t22-/m0/s1. The van der Waals surface area contributed by atoms with E-state index >= 15 is 0 Å². The van der Waals surface area contributed by atoms with Crippen molar-refractivity contribution in [2.45, 2.75) is 31.9 Å². The number of benzene rings is 3.